The standard InChI is InChI=1S/C6H14N2O2.C5H9NO2.C5H11NO2/c7-4-2-1-3-5(8)6(9)10;7-5(8)4-2-1-3-6-4;1-3(2)4(6)5(7)8/h5H,1-4,7-8H2,(H,9,10);4,6H,1-3H2,(H,7,8);3-4H,6H2,1-2H3,(H,7,8)/t5-;2*4-/m000/s1. The molecule has 1 rings (SSSR count). The van der Waals surface area contributed by atoms with Crippen LogP contribution in [0.5, 0.6) is 0 Å². The van der Waals surface area contributed by atoms with Gasteiger partial charge in [0.25, 0.3) is 0 Å². The molecule has 0 aromatic rings. The summed E-state index contributed by atoms with van der Waals surface area (Å²) in [6.07, 6.45) is 3.95. The highest BCUT2D eigenvalue weighted by molar-refractivity contribution is 5.74. The molecule has 0 saturated carbocycles. The first-order chi connectivity index (χ1) is 12.0. The molecule has 1 heterocycles. The van der Waals surface area contributed by atoms with Gasteiger partial charge in [0.2, 0.25) is 0 Å². The molecule has 1 fully saturated rings. The van der Waals surface area contributed by atoms with Crippen LogP contribution in [0.4, 0.5) is 0 Å². The summed E-state index contributed by atoms with van der Waals surface area (Å²) in [5, 5.41) is 27.8. The topological polar surface area (TPSA) is 202 Å². The van der Waals surface area contributed by atoms with Gasteiger partial charge in [-0.05, 0) is 44.7 Å². The van der Waals surface area contributed by atoms with Gasteiger partial charge >= 0.3 is 17.9 Å². The Morgan fingerprint density at radius 3 is 1.88 bits per heavy atom. The van der Waals surface area contributed by atoms with Gasteiger partial charge in [-0.15, -0.1) is 0 Å². The van der Waals surface area contributed by atoms with E-state index >= 15 is 0 Å². The fourth-order valence-electron chi connectivity index (χ4n) is 1.81. The Balaban J connectivity index is 0. The Morgan fingerprint density at radius 2 is 1.65 bits per heavy atom. The van der Waals surface area contributed by atoms with Crippen molar-refractivity contribution in [3.63, 3.8) is 0 Å². The van der Waals surface area contributed by atoms with Gasteiger partial charge in [0.05, 0.1) is 0 Å². The third kappa shape index (κ3) is 14.6. The van der Waals surface area contributed by atoms with Crippen LogP contribution in [0.3, 0.4) is 0 Å². The summed E-state index contributed by atoms with van der Waals surface area (Å²) in [5.74, 6) is -2.56. The van der Waals surface area contributed by atoms with E-state index in [9.17, 15) is 14.4 Å². The fraction of sp³-hybridized carbons (Fsp3) is 0.812. The van der Waals surface area contributed by atoms with E-state index in [1.165, 1.54) is 0 Å². The lowest BCUT2D eigenvalue weighted by atomic mass is 10.1. The normalized spacial score (nSPS) is 18.0. The second-order valence-electron chi connectivity index (χ2n) is 6.32. The van der Waals surface area contributed by atoms with Gasteiger partial charge in [0, 0.05) is 0 Å². The Labute approximate surface area is 154 Å². The van der Waals surface area contributed by atoms with Crippen molar-refractivity contribution in [2.75, 3.05) is 13.1 Å². The molecule has 0 radical (unpaired) electrons. The van der Waals surface area contributed by atoms with E-state index in [0.717, 1.165) is 32.2 Å². The molecule has 1 aliphatic rings. The van der Waals surface area contributed by atoms with Gasteiger partial charge < -0.3 is 37.8 Å². The van der Waals surface area contributed by atoms with Gasteiger partial charge in [-0.2, -0.15) is 0 Å². The second kappa shape index (κ2) is 15.5. The first kappa shape index (κ1) is 26.5. The smallest absolute Gasteiger partial charge is 0.320 e. The van der Waals surface area contributed by atoms with Gasteiger partial charge in [-0.3, -0.25) is 14.4 Å². The van der Waals surface area contributed by atoms with Crippen LogP contribution in [0.25, 0.3) is 0 Å². The molecule has 10 N–H and O–H groups in total. The largest absolute Gasteiger partial charge is 0.480 e. The van der Waals surface area contributed by atoms with Gasteiger partial charge in [-0.25, -0.2) is 0 Å². The average molecular weight is 378 g/mol. The van der Waals surface area contributed by atoms with Crippen LogP contribution in [0.2, 0.25) is 0 Å². The highest BCUT2D eigenvalue weighted by atomic mass is 16.4. The highest BCUT2D eigenvalue weighted by Gasteiger charge is 2.20. The van der Waals surface area contributed by atoms with E-state index < -0.39 is 30.0 Å². The molecule has 0 unspecified atom stereocenters. The van der Waals surface area contributed by atoms with Crippen LogP contribution in [0, 0.1) is 5.92 Å². The maximum atomic E-state index is 10.1. The summed E-state index contributed by atoms with van der Waals surface area (Å²) in [4.78, 5) is 30.3. The number of carbonyl (C=O) groups is 3. The summed E-state index contributed by atoms with van der Waals surface area (Å²) >= 11 is 0. The Bertz CT molecular complexity index is 402. The molecule has 10 heteroatoms. The van der Waals surface area contributed by atoms with Crippen LogP contribution in [-0.2, 0) is 14.4 Å². The van der Waals surface area contributed by atoms with Crippen molar-refractivity contribution in [3.8, 4) is 0 Å². The number of hydrogen-bond donors (Lipinski definition) is 7. The molecule has 26 heavy (non-hydrogen) atoms. The van der Waals surface area contributed by atoms with E-state index in [4.69, 9.17) is 32.5 Å². The first-order valence-electron chi connectivity index (χ1n) is 8.67. The molecule has 154 valence electrons. The SMILES string of the molecule is CC(C)[C@H](N)C(=O)O.NCCCC[C@H](N)C(=O)O.O=C(O)[C@@H]1CCCN1. The molecule has 0 aromatic carbocycles. The van der Waals surface area contributed by atoms with E-state index in [0.29, 0.717) is 13.0 Å². The molecule has 0 amide bonds. The summed E-state index contributed by atoms with van der Waals surface area (Å²) in [6.45, 7) is 5.01. The summed E-state index contributed by atoms with van der Waals surface area (Å²) in [7, 11) is 0. The van der Waals surface area contributed by atoms with Crippen LogP contribution in [0.15, 0.2) is 0 Å². The quantitative estimate of drug-likeness (QED) is 0.267. The van der Waals surface area contributed by atoms with Crippen molar-refractivity contribution in [2.24, 2.45) is 23.1 Å². The number of carboxylic acid groups (broad SMARTS) is 3. The Morgan fingerprint density at radius 1 is 1.08 bits per heavy atom. The maximum Gasteiger partial charge on any atom is 0.320 e. The van der Waals surface area contributed by atoms with E-state index in [-0.39, 0.29) is 12.0 Å². The molecule has 1 aliphatic heterocycles. The summed E-state index contributed by atoms with van der Waals surface area (Å²) in [6, 6.07) is -1.70. The molecular formula is C16H34N4O6. The van der Waals surface area contributed by atoms with Crippen molar-refractivity contribution < 1.29 is 29.7 Å². The van der Waals surface area contributed by atoms with Crippen LogP contribution in [0.1, 0.15) is 46.0 Å². The minimum atomic E-state index is -0.933. The van der Waals surface area contributed by atoms with Crippen LogP contribution >= 0.6 is 0 Å². The first-order valence-corrected chi connectivity index (χ1v) is 8.67. The second-order valence-corrected chi connectivity index (χ2v) is 6.32. The van der Waals surface area contributed by atoms with Crippen molar-refractivity contribution >= 4 is 17.9 Å². The molecule has 3 atom stereocenters. The van der Waals surface area contributed by atoms with Crippen molar-refractivity contribution in [3.05, 3.63) is 0 Å². The highest BCUT2D eigenvalue weighted by Crippen LogP contribution is 2.03. The van der Waals surface area contributed by atoms with E-state index in [1.54, 1.807) is 13.8 Å². The molecule has 1 saturated heterocycles. The predicted octanol–water partition coefficient (Wildman–Crippen LogP) is -0.595. The number of carboxylic acids is 3. The molecule has 0 aromatic heterocycles. The number of hydrogen-bond acceptors (Lipinski definition) is 7. The summed E-state index contributed by atoms with van der Waals surface area (Å²) in [5.41, 5.74) is 15.6. The zero-order chi connectivity index (χ0) is 20.7. The third-order valence-corrected chi connectivity index (χ3v) is 3.65. The van der Waals surface area contributed by atoms with Gasteiger partial charge in [0.1, 0.15) is 18.1 Å². The molecule has 0 aliphatic carbocycles. The number of rotatable bonds is 8. The Hall–Kier alpha value is -1.75. The summed E-state index contributed by atoms with van der Waals surface area (Å²) < 4.78 is 0. The minimum Gasteiger partial charge on any atom is -0.480 e. The van der Waals surface area contributed by atoms with Crippen molar-refractivity contribution in [1.82, 2.24) is 5.32 Å². The van der Waals surface area contributed by atoms with Crippen molar-refractivity contribution in [2.45, 2.75) is 64.1 Å². The molecular weight excluding hydrogens is 344 g/mol. The van der Waals surface area contributed by atoms with Crippen molar-refractivity contribution in [1.29, 1.82) is 0 Å². The zero-order valence-electron chi connectivity index (χ0n) is 15.6. The fourth-order valence-corrected chi connectivity index (χ4v) is 1.81. The average Bonchev–Trinajstić information content (AvgIpc) is 3.10. The predicted molar refractivity (Wildman–Crippen MR) is 97.6 cm³/mol. The zero-order valence-corrected chi connectivity index (χ0v) is 15.6. The number of unbranched alkanes of at least 4 members (excludes halogenated alkanes) is 1. The number of nitrogens with two attached hydrogens (primary N) is 3. The number of aliphatic carboxylic acids is 3. The maximum absolute atomic E-state index is 10.1. The monoisotopic (exact) mass is 378 g/mol. The van der Waals surface area contributed by atoms with Gasteiger partial charge in [-0.1, -0.05) is 20.3 Å². The molecule has 10 nitrogen and oxygen atoms in total. The van der Waals surface area contributed by atoms with E-state index in [2.05, 4.69) is 5.32 Å². The molecule has 0 bridgehead atoms. The van der Waals surface area contributed by atoms with Crippen LogP contribution in [-0.4, -0.2) is 64.4 Å². The third-order valence-electron chi connectivity index (χ3n) is 3.65. The molecule has 0 spiro atoms. The van der Waals surface area contributed by atoms with Crippen LogP contribution < -0.4 is 22.5 Å². The van der Waals surface area contributed by atoms with E-state index in [1.807, 2.05) is 0 Å². The number of nitrogens with one attached hydrogen (secondary N) is 1. The lowest BCUT2D eigenvalue weighted by molar-refractivity contribution is -0.140. The lowest BCUT2D eigenvalue weighted by Crippen LogP contribution is -2.34. The van der Waals surface area contributed by atoms with Gasteiger partial charge in [0.15, 0.2) is 0 Å². The minimum absolute atomic E-state index is 0.0208. The Kier molecular flexibility index (Phi) is 15.8. The lowest BCUT2D eigenvalue weighted by Gasteiger charge is -2.07.